The lowest BCUT2D eigenvalue weighted by molar-refractivity contribution is 0.100. The summed E-state index contributed by atoms with van der Waals surface area (Å²) in [5.74, 6) is 0.749. The van der Waals surface area contributed by atoms with Crippen molar-refractivity contribution in [2.24, 2.45) is 5.73 Å². The van der Waals surface area contributed by atoms with Crippen molar-refractivity contribution in [1.29, 1.82) is 0 Å². The first-order valence-corrected chi connectivity index (χ1v) is 8.15. The molecule has 0 bridgehead atoms. The summed E-state index contributed by atoms with van der Waals surface area (Å²) >= 11 is 0. The zero-order chi connectivity index (χ0) is 18.4. The van der Waals surface area contributed by atoms with Gasteiger partial charge >= 0.3 is 0 Å². The summed E-state index contributed by atoms with van der Waals surface area (Å²) < 4.78 is 5.34. The van der Waals surface area contributed by atoms with Gasteiger partial charge in [-0.2, -0.15) is 0 Å². The van der Waals surface area contributed by atoms with E-state index in [4.69, 9.17) is 10.5 Å². The van der Waals surface area contributed by atoms with E-state index in [2.05, 4.69) is 15.6 Å². The number of pyridine rings is 1. The number of primary amides is 1. The van der Waals surface area contributed by atoms with E-state index in [-0.39, 0.29) is 0 Å². The van der Waals surface area contributed by atoms with Gasteiger partial charge in [-0.3, -0.25) is 4.79 Å². The summed E-state index contributed by atoms with van der Waals surface area (Å²) in [5, 5.41) is 6.45. The molecule has 6 nitrogen and oxygen atoms in total. The fraction of sp³-hybridized carbons (Fsp3) is 0.100. The highest BCUT2D eigenvalue weighted by Crippen LogP contribution is 2.28. The Morgan fingerprint density at radius 3 is 2.54 bits per heavy atom. The topological polar surface area (TPSA) is 89.3 Å². The van der Waals surface area contributed by atoms with Gasteiger partial charge in [0.05, 0.1) is 24.0 Å². The smallest absolute Gasteiger partial charge is 0.252 e. The molecular weight excluding hydrogens is 328 g/mol. The van der Waals surface area contributed by atoms with E-state index in [0.29, 0.717) is 29.4 Å². The summed E-state index contributed by atoms with van der Waals surface area (Å²) in [4.78, 5) is 16.0. The van der Waals surface area contributed by atoms with Crippen molar-refractivity contribution in [1.82, 2.24) is 4.98 Å². The number of nitrogens with zero attached hydrogens (tertiary/aromatic N) is 1. The number of carbonyl (C=O) groups is 1. The molecule has 0 unspecified atom stereocenters. The second-order valence-electron chi connectivity index (χ2n) is 5.64. The van der Waals surface area contributed by atoms with Crippen molar-refractivity contribution in [3.05, 3.63) is 78.0 Å². The third-order valence-electron chi connectivity index (χ3n) is 3.86. The van der Waals surface area contributed by atoms with Gasteiger partial charge in [-0.1, -0.05) is 42.5 Å². The van der Waals surface area contributed by atoms with Crippen molar-refractivity contribution in [2.75, 3.05) is 17.7 Å². The molecule has 0 saturated heterocycles. The van der Waals surface area contributed by atoms with Crippen LogP contribution in [0.2, 0.25) is 0 Å². The van der Waals surface area contributed by atoms with Gasteiger partial charge in [0.25, 0.3) is 5.91 Å². The van der Waals surface area contributed by atoms with Crippen LogP contribution in [0.25, 0.3) is 0 Å². The van der Waals surface area contributed by atoms with E-state index in [1.807, 2.05) is 54.6 Å². The number of ether oxygens (including phenoxy) is 1. The normalized spacial score (nSPS) is 10.2. The van der Waals surface area contributed by atoms with Crippen LogP contribution in [0, 0.1) is 0 Å². The van der Waals surface area contributed by atoms with Gasteiger partial charge in [-0.05, 0) is 17.7 Å². The van der Waals surface area contributed by atoms with Gasteiger partial charge in [0.15, 0.2) is 0 Å². The summed E-state index contributed by atoms with van der Waals surface area (Å²) in [7, 11) is 1.61. The lowest BCUT2D eigenvalue weighted by Crippen LogP contribution is -2.15. The Labute approximate surface area is 152 Å². The standard InChI is InChI=1S/C20H20N4O2/c1-26-18-10-6-5-9-16(18)24-19-11-17(15(13-23-19)20(21)25)22-12-14-7-3-2-4-8-14/h2-11,13H,12H2,1H3,(H2,21,25)(H2,22,23,24). The van der Waals surface area contributed by atoms with Gasteiger partial charge in [0.1, 0.15) is 11.6 Å². The Hall–Kier alpha value is -3.54. The first-order chi connectivity index (χ1) is 12.7. The van der Waals surface area contributed by atoms with Crippen molar-refractivity contribution < 1.29 is 9.53 Å². The second kappa shape index (κ2) is 8.02. The molecule has 1 heterocycles. The van der Waals surface area contributed by atoms with Crippen LogP contribution in [0.3, 0.4) is 0 Å². The largest absolute Gasteiger partial charge is 0.495 e. The first-order valence-electron chi connectivity index (χ1n) is 8.15. The highest BCUT2D eigenvalue weighted by molar-refractivity contribution is 5.98. The maximum absolute atomic E-state index is 11.7. The van der Waals surface area contributed by atoms with Crippen LogP contribution >= 0.6 is 0 Å². The molecule has 0 fully saturated rings. The van der Waals surface area contributed by atoms with Gasteiger partial charge in [0.2, 0.25) is 0 Å². The van der Waals surface area contributed by atoms with E-state index in [9.17, 15) is 4.79 Å². The first kappa shape index (κ1) is 17.3. The molecule has 0 saturated carbocycles. The van der Waals surface area contributed by atoms with Gasteiger partial charge in [-0.25, -0.2) is 4.98 Å². The number of anilines is 3. The molecule has 0 radical (unpaired) electrons. The highest BCUT2D eigenvalue weighted by Gasteiger charge is 2.11. The van der Waals surface area contributed by atoms with Crippen molar-refractivity contribution in [3.8, 4) is 5.75 Å². The highest BCUT2D eigenvalue weighted by atomic mass is 16.5. The lowest BCUT2D eigenvalue weighted by atomic mass is 10.2. The Kier molecular flexibility index (Phi) is 5.34. The number of amides is 1. The van der Waals surface area contributed by atoms with E-state index < -0.39 is 5.91 Å². The minimum Gasteiger partial charge on any atom is -0.495 e. The average Bonchev–Trinajstić information content (AvgIpc) is 2.67. The van der Waals surface area contributed by atoms with Crippen molar-refractivity contribution in [3.63, 3.8) is 0 Å². The zero-order valence-corrected chi connectivity index (χ0v) is 14.4. The van der Waals surface area contributed by atoms with Crippen LogP contribution in [-0.4, -0.2) is 18.0 Å². The van der Waals surface area contributed by atoms with Crippen LogP contribution in [0.4, 0.5) is 17.2 Å². The maximum Gasteiger partial charge on any atom is 0.252 e. The Bertz CT molecular complexity index is 897. The number of para-hydroxylation sites is 2. The summed E-state index contributed by atoms with van der Waals surface area (Å²) in [6.45, 7) is 0.569. The molecule has 132 valence electrons. The van der Waals surface area contributed by atoms with Gasteiger partial charge < -0.3 is 21.1 Å². The van der Waals surface area contributed by atoms with Crippen molar-refractivity contribution >= 4 is 23.1 Å². The van der Waals surface area contributed by atoms with Crippen LogP contribution in [0.5, 0.6) is 5.75 Å². The zero-order valence-electron chi connectivity index (χ0n) is 14.4. The lowest BCUT2D eigenvalue weighted by Gasteiger charge is -2.14. The van der Waals surface area contributed by atoms with E-state index in [1.165, 1.54) is 6.20 Å². The molecule has 3 aromatic rings. The third-order valence-corrected chi connectivity index (χ3v) is 3.86. The predicted octanol–water partition coefficient (Wildman–Crippen LogP) is 3.54. The molecule has 0 aliphatic rings. The molecule has 0 spiro atoms. The SMILES string of the molecule is COc1ccccc1Nc1cc(NCc2ccccc2)c(C(N)=O)cn1. The van der Waals surface area contributed by atoms with Gasteiger partial charge in [-0.15, -0.1) is 0 Å². The van der Waals surface area contributed by atoms with E-state index in [0.717, 1.165) is 11.3 Å². The number of hydrogen-bond donors (Lipinski definition) is 3. The fourth-order valence-electron chi connectivity index (χ4n) is 2.55. The molecule has 3 rings (SSSR count). The fourth-order valence-corrected chi connectivity index (χ4v) is 2.55. The molecule has 1 amide bonds. The molecule has 0 aliphatic heterocycles. The van der Waals surface area contributed by atoms with Crippen molar-refractivity contribution in [2.45, 2.75) is 6.54 Å². The number of methoxy groups -OCH3 is 1. The molecule has 0 atom stereocenters. The Morgan fingerprint density at radius 1 is 1.08 bits per heavy atom. The minimum atomic E-state index is -0.531. The number of aromatic nitrogens is 1. The summed E-state index contributed by atoms with van der Waals surface area (Å²) in [5.41, 5.74) is 8.31. The minimum absolute atomic E-state index is 0.339. The van der Waals surface area contributed by atoms with Crippen LogP contribution in [0.15, 0.2) is 66.9 Å². The van der Waals surface area contributed by atoms with Crippen LogP contribution in [-0.2, 0) is 6.54 Å². The average molecular weight is 348 g/mol. The molecule has 2 aromatic carbocycles. The summed E-state index contributed by atoms with van der Waals surface area (Å²) in [6, 6.07) is 19.2. The van der Waals surface area contributed by atoms with Crippen LogP contribution < -0.4 is 21.1 Å². The third kappa shape index (κ3) is 4.10. The predicted molar refractivity (Wildman–Crippen MR) is 103 cm³/mol. The van der Waals surface area contributed by atoms with E-state index in [1.54, 1.807) is 13.2 Å². The Morgan fingerprint density at radius 2 is 1.81 bits per heavy atom. The molecule has 4 N–H and O–H groups in total. The molecule has 26 heavy (non-hydrogen) atoms. The monoisotopic (exact) mass is 348 g/mol. The summed E-state index contributed by atoms with van der Waals surface area (Å²) in [6.07, 6.45) is 1.47. The number of carbonyl (C=O) groups excluding carboxylic acids is 1. The van der Waals surface area contributed by atoms with E-state index >= 15 is 0 Å². The number of nitrogens with one attached hydrogen (secondary N) is 2. The van der Waals surface area contributed by atoms with Gasteiger partial charge in [0, 0.05) is 18.8 Å². The number of nitrogens with two attached hydrogens (primary N) is 1. The second-order valence-corrected chi connectivity index (χ2v) is 5.64. The van der Waals surface area contributed by atoms with Crippen LogP contribution in [0.1, 0.15) is 15.9 Å². The molecular formula is C20H20N4O2. The molecule has 1 aromatic heterocycles. The number of rotatable bonds is 7. The maximum atomic E-state index is 11.7. The molecule has 0 aliphatic carbocycles. The Balaban J connectivity index is 1.85. The quantitative estimate of drug-likeness (QED) is 0.608. The number of benzene rings is 2. The number of hydrogen-bond acceptors (Lipinski definition) is 5. The molecule has 6 heteroatoms.